The number of nitrogens with zero attached hydrogens (tertiary/aromatic N) is 1. The van der Waals surface area contributed by atoms with Gasteiger partial charge in [-0.3, -0.25) is 0 Å². The number of hydrogen-bond acceptors (Lipinski definition) is 2. The summed E-state index contributed by atoms with van der Waals surface area (Å²) in [5.74, 6) is 0.496. The molecule has 3 aliphatic rings. The highest BCUT2D eigenvalue weighted by Gasteiger charge is 2.53. The second kappa shape index (κ2) is 5.49. The topological polar surface area (TPSA) is 38.7 Å². The Labute approximate surface area is 155 Å². The molecule has 5 heteroatoms. The Kier molecular flexibility index (Phi) is 3.87. The van der Waals surface area contributed by atoms with Crippen LogP contribution in [0.3, 0.4) is 0 Å². The van der Waals surface area contributed by atoms with Crippen molar-refractivity contribution in [2.45, 2.75) is 57.3 Å². The maximum absolute atomic E-state index is 12.9. The number of benzene rings is 1. The summed E-state index contributed by atoms with van der Waals surface area (Å²) in [6.45, 7) is 6.36. The van der Waals surface area contributed by atoms with Crippen molar-refractivity contribution in [2.75, 3.05) is 7.11 Å². The quantitative estimate of drug-likeness (QED) is 0.683. The predicted octanol–water partition coefficient (Wildman–Crippen LogP) is 4.53. The zero-order valence-corrected chi connectivity index (χ0v) is 17.1. The lowest BCUT2D eigenvalue weighted by Gasteiger charge is -2.42. The molecule has 1 aromatic rings. The van der Waals surface area contributed by atoms with Gasteiger partial charge in [0.25, 0.3) is 0 Å². The fraction of sp³-hybridized carbons (Fsp3) is 0.632. The van der Waals surface area contributed by atoms with Crippen LogP contribution in [-0.4, -0.2) is 23.1 Å². The predicted molar refractivity (Wildman–Crippen MR) is 102 cm³/mol. The zero-order chi connectivity index (χ0) is 17.3. The van der Waals surface area contributed by atoms with Crippen LogP contribution in [-0.2, 0) is 26.9 Å². The molecule has 0 bridgehead atoms. The highest BCUT2D eigenvalue weighted by molar-refractivity contribution is 9.10. The van der Waals surface area contributed by atoms with Crippen LogP contribution in [0.25, 0.3) is 0 Å². The Balaban J connectivity index is 1.87. The Hall–Kier alpha value is -0.520. The first-order valence-electron chi connectivity index (χ1n) is 8.66. The van der Waals surface area contributed by atoms with E-state index in [1.807, 2.05) is 21.0 Å². The van der Waals surface area contributed by atoms with Gasteiger partial charge in [0.15, 0.2) is 0 Å². The molecule has 0 saturated heterocycles. The molecule has 4 unspecified atom stereocenters. The summed E-state index contributed by atoms with van der Waals surface area (Å²) in [6.07, 6.45) is 4.54. The van der Waals surface area contributed by atoms with Crippen LogP contribution < -0.4 is 0 Å². The molecule has 4 atom stereocenters. The average Bonchev–Trinajstić information content (AvgIpc) is 2.80. The third kappa shape index (κ3) is 2.17. The van der Waals surface area contributed by atoms with Gasteiger partial charge in [0, 0.05) is 22.6 Å². The first-order chi connectivity index (χ1) is 11.3. The number of fused-ring (bicyclic) bond motifs is 1. The molecule has 1 aliphatic heterocycles. The fourth-order valence-corrected chi connectivity index (χ4v) is 7.07. The largest absolute Gasteiger partial charge is 0.381 e. The van der Waals surface area contributed by atoms with E-state index in [9.17, 15) is 4.21 Å². The summed E-state index contributed by atoms with van der Waals surface area (Å²) >= 11 is 3.71. The number of rotatable bonds is 1. The standard InChI is InChI=1S/C19H24BrNO2S/c1-11-9-19(8-7-14(11)23-4)10-12-5-6-13(20)16-15(12)17(19)21-24(22)18(16,2)3/h5-6,11,14H,7-10H2,1-4H3. The molecule has 1 saturated carbocycles. The molecule has 1 aromatic carbocycles. The van der Waals surface area contributed by atoms with E-state index < -0.39 is 15.7 Å². The van der Waals surface area contributed by atoms with E-state index in [2.05, 4.69) is 35.0 Å². The molecule has 1 spiro atoms. The molecule has 3 nitrogen and oxygen atoms in total. The third-order valence-corrected chi connectivity index (χ3v) is 8.37. The summed E-state index contributed by atoms with van der Waals surface area (Å²) in [7, 11) is 0.571. The van der Waals surface area contributed by atoms with Crippen molar-refractivity contribution in [1.82, 2.24) is 0 Å². The summed E-state index contributed by atoms with van der Waals surface area (Å²) in [4.78, 5) is 0. The van der Waals surface area contributed by atoms with Gasteiger partial charge in [0.2, 0.25) is 0 Å². The number of hydrogen-bond donors (Lipinski definition) is 0. The van der Waals surface area contributed by atoms with Gasteiger partial charge in [-0.25, -0.2) is 4.21 Å². The van der Waals surface area contributed by atoms with Crippen LogP contribution >= 0.6 is 15.9 Å². The number of halogens is 1. The fourth-order valence-electron chi connectivity index (χ4n) is 5.05. The van der Waals surface area contributed by atoms with Crippen molar-refractivity contribution >= 4 is 32.6 Å². The van der Waals surface area contributed by atoms with Gasteiger partial charge in [0.05, 0.1) is 16.6 Å². The van der Waals surface area contributed by atoms with E-state index in [1.165, 1.54) is 16.7 Å². The summed E-state index contributed by atoms with van der Waals surface area (Å²) in [5, 5.41) is 0. The minimum Gasteiger partial charge on any atom is -0.381 e. The first kappa shape index (κ1) is 16.9. The highest BCUT2D eigenvalue weighted by atomic mass is 79.9. The molecule has 1 heterocycles. The van der Waals surface area contributed by atoms with Gasteiger partial charge < -0.3 is 4.74 Å². The maximum Gasteiger partial charge on any atom is 0.149 e. The van der Waals surface area contributed by atoms with Crippen molar-refractivity contribution in [3.05, 3.63) is 33.3 Å². The first-order valence-corrected chi connectivity index (χ1v) is 10.6. The van der Waals surface area contributed by atoms with E-state index >= 15 is 0 Å². The lowest BCUT2D eigenvalue weighted by Crippen LogP contribution is -2.42. The molecule has 4 rings (SSSR count). The van der Waals surface area contributed by atoms with Crippen molar-refractivity contribution < 1.29 is 8.95 Å². The minimum atomic E-state index is -1.24. The van der Waals surface area contributed by atoms with Crippen molar-refractivity contribution in [2.24, 2.45) is 15.7 Å². The van der Waals surface area contributed by atoms with Gasteiger partial charge in [-0.05, 0) is 62.6 Å². The van der Waals surface area contributed by atoms with Crippen LogP contribution in [0.5, 0.6) is 0 Å². The molecule has 0 N–H and O–H groups in total. The Bertz CT molecular complexity index is 773. The molecule has 2 aliphatic carbocycles. The smallest absolute Gasteiger partial charge is 0.149 e. The van der Waals surface area contributed by atoms with E-state index in [-0.39, 0.29) is 5.41 Å². The van der Waals surface area contributed by atoms with E-state index in [0.29, 0.717) is 12.0 Å². The molecule has 24 heavy (non-hydrogen) atoms. The Morgan fingerprint density at radius 1 is 1.38 bits per heavy atom. The van der Waals surface area contributed by atoms with Gasteiger partial charge in [-0.15, -0.1) is 0 Å². The van der Waals surface area contributed by atoms with Gasteiger partial charge in [-0.2, -0.15) is 4.40 Å². The molecule has 0 radical (unpaired) electrons. The molecule has 130 valence electrons. The summed E-state index contributed by atoms with van der Waals surface area (Å²) in [5.41, 5.74) is 4.98. The van der Waals surface area contributed by atoms with Crippen LogP contribution in [0.2, 0.25) is 0 Å². The summed E-state index contributed by atoms with van der Waals surface area (Å²) < 4.78 is 24.0. The van der Waals surface area contributed by atoms with E-state index in [0.717, 1.165) is 35.9 Å². The maximum atomic E-state index is 12.9. The Morgan fingerprint density at radius 2 is 2.12 bits per heavy atom. The second-order valence-electron chi connectivity index (χ2n) is 8.11. The number of ether oxygens (including phenoxy) is 1. The van der Waals surface area contributed by atoms with Crippen LogP contribution in [0, 0.1) is 11.3 Å². The van der Waals surface area contributed by atoms with Crippen LogP contribution in [0.15, 0.2) is 21.0 Å². The molecule has 0 amide bonds. The van der Waals surface area contributed by atoms with Gasteiger partial charge in [0.1, 0.15) is 11.0 Å². The SMILES string of the molecule is COC1CCC2(Cc3ccc(Br)c4c3C2=NS(=O)C4(C)C)CC1C. The number of methoxy groups -OCH3 is 1. The molecule has 1 fully saturated rings. The normalized spacial score (nSPS) is 36.5. The molecular formula is C19H24BrNO2S. The molecule has 0 aromatic heterocycles. The van der Waals surface area contributed by atoms with Crippen LogP contribution in [0.4, 0.5) is 0 Å². The lowest BCUT2D eigenvalue weighted by atomic mass is 9.66. The zero-order valence-electron chi connectivity index (χ0n) is 14.7. The van der Waals surface area contributed by atoms with E-state index in [1.54, 1.807) is 0 Å². The second-order valence-corrected chi connectivity index (χ2v) is 10.7. The monoisotopic (exact) mass is 409 g/mol. The molecular weight excluding hydrogens is 386 g/mol. The average molecular weight is 410 g/mol. The van der Waals surface area contributed by atoms with E-state index in [4.69, 9.17) is 9.13 Å². The van der Waals surface area contributed by atoms with Crippen LogP contribution in [0.1, 0.15) is 56.7 Å². The Morgan fingerprint density at radius 3 is 2.79 bits per heavy atom. The highest BCUT2D eigenvalue weighted by Crippen LogP contribution is 2.55. The third-order valence-electron chi connectivity index (χ3n) is 6.28. The van der Waals surface area contributed by atoms with Crippen molar-refractivity contribution in [3.63, 3.8) is 0 Å². The minimum absolute atomic E-state index is 0.0402. The van der Waals surface area contributed by atoms with Gasteiger partial charge >= 0.3 is 0 Å². The van der Waals surface area contributed by atoms with Gasteiger partial charge in [-0.1, -0.05) is 28.9 Å². The van der Waals surface area contributed by atoms with Crippen molar-refractivity contribution in [1.29, 1.82) is 0 Å². The summed E-state index contributed by atoms with van der Waals surface area (Å²) in [6, 6.07) is 4.35. The lowest BCUT2D eigenvalue weighted by molar-refractivity contribution is 0.00485. The van der Waals surface area contributed by atoms with Crippen molar-refractivity contribution in [3.8, 4) is 0 Å².